The van der Waals surface area contributed by atoms with Gasteiger partial charge in [-0.3, -0.25) is 4.79 Å². The monoisotopic (exact) mass is 481 g/mol. The zero-order valence-corrected chi connectivity index (χ0v) is 17.2. The molecule has 1 atom stereocenters. The minimum atomic E-state index is -4.95. The highest BCUT2D eigenvalue weighted by molar-refractivity contribution is 6.42. The number of benzene rings is 2. The van der Waals surface area contributed by atoms with E-state index in [2.05, 4.69) is 5.32 Å². The normalized spacial score (nSPS) is 17.6. The lowest BCUT2D eigenvalue weighted by Gasteiger charge is -2.24. The number of ketones is 1. The molecule has 1 aliphatic rings. The quantitative estimate of drug-likeness (QED) is 0.520. The van der Waals surface area contributed by atoms with Gasteiger partial charge in [-0.2, -0.15) is 26.3 Å². The van der Waals surface area contributed by atoms with E-state index in [-0.39, 0.29) is 36.6 Å². The van der Waals surface area contributed by atoms with Crippen LogP contribution in [0.4, 0.5) is 26.3 Å². The van der Waals surface area contributed by atoms with Crippen molar-refractivity contribution in [3.8, 4) is 0 Å². The number of hydrogen-bond donors (Lipinski definition) is 1. The van der Waals surface area contributed by atoms with Crippen molar-refractivity contribution in [1.82, 2.24) is 5.32 Å². The lowest BCUT2D eigenvalue weighted by Crippen LogP contribution is -2.43. The van der Waals surface area contributed by atoms with Crippen LogP contribution >= 0.6 is 23.2 Å². The summed E-state index contributed by atoms with van der Waals surface area (Å²) in [5, 5.41) is 3.63. The summed E-state index contributed by atoms with van der Waals surface area (Å²) in [5.74, 6) is -0.400. The van der Waals surface area contributed by atoms with Crippen molar-refractivity contribution in [2.45, 2.75) is 31.2 Å². The van der Waals surface area contributed by atoms with Crippen molar-refractivity contribution in [3.63, 3.8) is 0 Å². The first-order valence-electron chi connectivity index (χ1n) is 9.03. The Kier molecular flexibility index (Phi) is 6.74. The molecule has 10 heteroatoms. The summed E-state index contributed by atoms with van der Waals surface area (Å²) in [4.78, 5) is 12.8. The minimum Gasteiger partial charge on any atom is -0.303 e. The fourth-order valence-electron chi connectivity index (χ4n) is 3.31. The van der Waals surface area contributed by atoms with Crippen molar-refractivity contribution in [1.29, 1.82) is 0 Å². The molecule has 0 radical (unpaired) electrons. The Bertz CT molecular complexity index is 997. The Balaban J connectivity index is 1.84. The van der Waals surface area contributed by atoms with Crippen LogP contribution in [0.2, 0.25) is 10.0 Å². The summed E-state index contributed by atoms with van der Waals surface area (Å²) < 4.78 is 78.5. The predicted octanol–water partition coefficient (Wildman–Crippen LogP) is 6.28. The van der Waals surface area contributed by atoms with Gasteiger partial charge in [-0.05, 0) is 53.5 Å². The molecule has 166 valence electrons. The van der Waals surface area contributed by atoms with Crippen molar-refractivity contribution in [2.24, 2.45) is 0 Å². The third kappa shape index (κ3) is 5.81. The summed E-state index contributed by atoms with van der Waals surface area (Å²) >= 11 is 11.8. The maximum atomic E-state index is 13.1. The highest BCUT2D eigenvalue weighted by Crippen LogP contribution is 2.37. The predicted molar refractivity (Wildman–Crippen MR) is 105 cm³/mol. The van der Waals surface area contributed by atoms with Gasteiger partial charge < -0.3 is 5.32 Å². The van der Waals surface area contributed by atoms with Crippen LogP contribution in [0, 0.1) is 0 Å². The zero-order chi connectivity index (χ0) is 23.0. The highest BCUT2D eigenvalue weighted by Gasteiger charge is 2.37. The molecule has 0 spiro atoms. The molecule has 1 N–H and O–H groups in total. The van der Waals surface area contributed by atoms with E-state index >= 15 is 0 Å². The van der Waals surface area contributed by atoms with E-state index in [9.17, 15) is 31.1 Å². The molecule has 31 heavy (non-hydrogen) atoms. The standard InChI is InChI=1S/C21H15Cl2F6NO/c22-16-2-1-11(8-17(16)23)9-18-19(31)13(3-4-30-18)5-12-6-14(20(24,25)26)10-15(7-12)21(27,28)29/h1-3,6-8,10,18,30H,4-5,9H2. The molecule has 0 bridgehead atoms. The molecule has 0 saturated carbocycles. The van der Waals surface area contributed by atoms with E-state index in [0.717, 1.165) is 0 Å². The Morgan fingerprint density at radius 3 is 2.03 bits per heavy atom. The number of rotatable bonds is 4. The molecule has 2 aromatic rings. The fraction of sp³-hybridized carbons (Fsp3) is 0.286. The third-order valence-electron chi connectivity index (χ3n) is 4.81. The van der Waals surface area contributed by atoms with Crippen LogP contribution in [0.5, 0.6) is 0 Å². The first-order chi connectivity index (χ1) is 14.3. The second-order valence-corrected chi connectivity index (χ2v) is 7.91. The third-order valence-corrected chi connectivity index (χ3v) is 5.55. The van der Waals surface area contributed by atoms with Crippen LogP contribution in [0.25, 0.3) is 0 Å². The summed E-state index contributed by atoms with van der Waals surface area (Å²) in [5.41, 5.74) is -2.20. The molecule has 0 amide bonds. The van der Waals surface area contributed by atoms with Gasteiger partial charge in [0.2, 0.25) is 0 Å². The Labute approximate surface area is 183 Å². The van der Waals surface area contributed by atoms with Gasteiger partial charge in [-0.15, -0.1) is 0 Å². The lowest BCUT2D eigenvalue weighted by atomic mass is 9.90. The van der Waals surface area contributed by atoms with Gasteiger partial charge in [0, 0.05) is 13.0 Å². The van der Waals surface area contributed by atoms with Crippen molar-refractivity contribution < 1.29 is 31.1 Å². The van der Waals surface area contributed by atoms with Gasteiger partial charge in [0.1, 0.15) is 0 Å². The molecule has 2 aromatic carbocycles. The van der Waals surface area contributed by atoms with Crippen LogP contribution in [0.15, 0.2) is 48.0 Å². The number of carbonyl (C=O) groups excluding carboxylic acids is 1. The highest BCUT2D eigenvalue weighted by atomic mass is 35.5. The number of hydrogen-bond acceptors (Lipinski definition) is 2. The van der Waals surface area contributed by atoms with Gasteiger partial charge in [-0.25, -0.2) is 0 Å². The lowest BCUT2D eigenvalue weighted by molar-refractivity contribution is -0.143. The van der Waals surface area contributed by atoms with Crippen molar-refractivity contribution >= 4 is 29.0 Å². The first-order valence-corrected chi connectivity index (χ1v) is 9.79. The van der Waals surface area contributed by atoms with Gasteiger partial charge >= 0.3 is 12.4 Å². The van der Waals surface area contributed by atoms with Crippen LogP contribution < -0.4 is 5.32 Å². The van der Waals surface area contributed by atoms with Gasteiger partial charge in [-0.1, -0.05) is 35.3 Å². The summed E-state index contributed by atoms with van der Waals surface area (Å²) in [6, 6.07) is 5.51. The fourth-order valence-corrected chi connectivity index (χ4v) is 3.63. The van der Waals surface area contributed by atoms with Gasteiger partial charge in [0.25, 0.3) is 0 Å². The Morgan fingerprint density at radius 2 is 1.48 bits per heavy atom. The molecule has 0 saturated heterocycles. The zero-order valence-electron chi connectivity index (χ0n) is 15.7. The summed E-state index contributed by atoms with van der Waals surface area (Å²) in [6.07, 6.45) is -8.52. The molecule has 1 unspecified atom stereocenters. The minimum absolute atomic E-state index is 0.0647. The molecule has 0 aromatic heterocycles. The van der Waals surface area contributed by atoms with Crippen LogP contribution in [-0.2, 0) is 30.0 Å². The molecule has 0 fully saturated rings. The van der Waals surface area contributed by atoms with Crippen molar-refractivity contribution in [3.05, 3.63) is 80.3 Å². The molecule has 2 nitrogen and oxygen atoms in total. The number of nitrogens with one attached hydrogen (secondary N) is 1. The summed E-state index contributed by atoms with van der Waals surface area (Å²) in [6.45, 7) is 0.248. The molecular formula is C21H15Cl2F6NO. The van der Waals surface area contributed by atoms with Gasteiger partial charge in [0.05, 0.1) is 27.2 Å². The largest absolute Gasteiger partial charge is 0.416 e. The van der Waals surface area contributed by atoms with E-state index < -0.39 is 35.3 Å². The maximum absolute atomic E-state index is 13.1. The molecule has 1 aliphatic heterocycles. The maximum Gasteiger partial charge on any atom is 0.416 e. The van der Waals surface area contributed by atoms with E-state index in [1.807, 2.05) is 0 Å². The Morgan fingerprint density at radius 1 is 0.871 bits per heavy atom. The van der Waals surface area contributed by atoms with Crippen LogP contribution in [-0.4, -0.2) is 18.4 Å². The van der Waals surface area contributed by atoms with E-state index in [1.54, 1.807) is 18.2 Å². The molecule has 0 aliphatic carbocycles. The van der Waals surface area contributed by atoms with E-state index in [1.165, 1.54) is 6.08 Å². The number of Topliss-reactive ketones (excluding diaryl/α,β-unsaturated/α-hetero) is 1. The number of carbonyl (C=O) groups is 1. The smallest absolute Gasteiger partial charge is 0.303 e. The van der Waals surface area contributed by atoms with Crippen LogP contribution in [0.1, 0.15) is 22.3 Å². The average molecular weight is 482 g/mol. The first kappa shape index (κ1) is 23.6. The van der Waals surface area contributed by atoms with E-state index in [0.29, 0.717) is 27.7 Å². The second kappa shape index (κ2) is 8.84. The average Bonchev–Trinajstić information content (AvgIpc) is 2.66. The second-order valence-electron chi connectivity index (χ2n) is 7.10. The SMILES string of the molecule is O=C1C(Cc2cc(C(F)(F)F)cc(C(F)(F)F)c2)=CCNC1Cc1ccc(Cl)c(Cl)c1. The topological polar surface area (TPSA) is 29.1 Å². The van der Waals surface area contributed by atoms with Crippen LogP contribution in [0.3, 0.4) is 0 Å². The molecule has 1 heterocycles. The number of alkyl halides is 6. The number of halogens is 8. The Hall–Kier alpha value is -2.03. The van der Waals surface area contributed by atoms with Crippen molar-refractivity contribution in [2.75, 3.05) is 6.54 Å². The molecule has 3 rings (SSSR count). The van der Waals surface area contributed by atoms with E-state index in [4.69, 9.17) is 23.2 Å². The van der Waals surface area contributed by atoms with Gasteiger partial charge in [0.15, 0.2) is 5.78 Å². The molecular weight excluding hydrogens is 467 g/mol. The summed E-state index contributed by atoms with van der Waals surface area (Å²) in [7, 11) is 0.